The summed E-state index contributed by atoms with van der Waals surface area (Å²) >= 11 is 15.8. The molecule has 3 aliphatic rings. The van der Waals surface area contributed by atoms with E-state index in [1.54, 1.807) is 56.8 Å². The fourth-order valence-corrected chi connectivity index (χ4v) is 16.7. The van der Waals surface area contributed by atoms with Crippen LogP contribution in [0.1, 0.15) is 140 Å². The fourth-order valence-electron chi connectivity index (χ4n) is 13.7. The number of nitrogens with two attached hydrogens (primary N) is 2. The summed E-state index contributed by atoms with van der Waals surface area (Å²) in [6.07, 6.45) is 19.6. The predicted molar refractivity (Wildman–Crippen MR) is 476 cm³/mol. The Balaban J connectivity index is 0.000000283. The van der Waals surface area contributed by atoms with Gasteiger partial charge in [0.25, 0.3) is 33.7 Å². The van der Waals surface area contributed by atoms with E-state index in [0.717, 1.165) is 61.3 Å². The van der Waals surface area contributed by atoms with Gasteiger partial charge < -0.3 is 35.9 Å². The molecular weight excluding hydrogens is 1620 g/mol. The summed E-state index contributed by atoms with van der Waals surface area (Å²) in [5.41, 5.74) is 13.1. The molecule has 0 bridgehead atoms. The SMILES string of the molecule is C.C.COc1ccccc1C(=O)NCC1(c2ccccc2)CCC(N)CC1.COc1ccccc1C(=O)NCC1(c2ccccc2)CCC(N=C(NC#N)SC)CC1.CSC(=NC#N)SC.NS(=O)(=O)c1ccc(Cl)cc1.[C-]#[N+]NC(=NC1CCC(CNC(=O)c2ccccc2OC)(c2ccccc2)CC1)NS(=O)(=O)c1ccc(Cl)cc1. The van der Waals surface area contributed by atoms with E-state index in [2.05, 4.69) is 94.9 Å². The highest BCUT2D eigenvalue weighted by atomic mass is 35.5. The maximum absolute atomic E-state index is 13.1. The van der Waals surface area contributed by atoms with Crippen molar-refractivity contribution in [1.82, 2.24) is 31.4 Å². The van der Waals surface area contributed by atoms with Crippen molar-refractivity contribution in [3.8, 4) is 29.6 Å². The zero-order chi connectivity index (χ0) is 83.3. The molecular formula is C86H104Cl2N14O10S5. The lowest BCUT2D eigenvalue weighted by atomic mass is 9.68. The van der Waals surface area contributed by atoms with Crippen molar-refractivity contribution in [3.63, 3.8) is 0 Å². The van der Waals surface area contributed by atoms with Gasteiger partial charge in [-0.2, -0.15) is 27.0 Å². The second-order valence-corrected chi connectivity index (χ2v) is 33.7. The van der Waals surface area contributed by atoms with E-state index in [1.807, 2.05) is 104 Å². The number of amides is 3. The fraction of sp³-hybridized carbons (Fsp3) is 0.337. The number of para-hydroxylation sites is 3. The second-order valence-electron chi connectivity index (χ2n) is 26.9. The maximum Gasteiger partial charge on any atom is 0.276 e. The number of rotatable bonds is 20. The van der Waals surface area contributed by atoms with Gasteiger partial charge >= 0.3 is 0 Å². The first-order valence-electron chi connectivity index (χ1n) is 36.6. The van der Waals surface area contributed by atoms with Crippen LogP contribution in [0.5, 0.6) is 17.2 Å². The number of sulfonamides is 2. The van der Waals surface area contributed by atoms with Crippen LogP contribution < -0.4 is 56.5 Å². The zero-order valence-corrected chi connectivity index (χ0v) is 70.4. The molecule has 0 unspecified atom stereocenters. The van der Waals surface area contributed by atoms with E-state index in [-0.39, 0.29) is 82.7 Å². The van der Waals surface area contributed by atoms with Gasteiger partial charge in [-0.25, -0.2) is 31.7 Å². The Bertz CT molecular complexity index is 4920. The zero-order valence-electron chi connectivity index (χ0n) is 64.8. The van der Waals surface area contributed by atoms with Crippen molar-refractivity contribution in [3.05, 3.63) is 267 Å². The first kappa shape index (κ1) is 97.5. The minimum Gasteiger partial charge on any atom is -0.496 e. The number of benzene rings is 8. The molecule has 0 heterocycles. The summed E-state index contributed by atoms with van der Waals surface area (Å²) in [5.74, 6) is 1.10. The first-order valence-corrected chi connectivity index (χ1v) is 44.1. The quantitative estimate of drug-likeness (QED) is 0.00877. The second kappa shape index (κ2) is 49.2. The number of methoxy groups -OCH3 is 3. The van der Waals surface area contributed by atoms with Gasteiger partial charge in [-0.3, -0.25) is 24.7 Å². The number of ether oxygens (including phenoxy) is 3. The molecule has 3 aliphatic carbocycles. The van der Waals surface area contributed by atoms with Gasteiger partial charge in [0, 0.05) is 52.0 Å². The molecule has 31 heteroatoms. The molecule has 24 nitrogen and oxygen atoms in total. The summed E-state index contributed by atoms with van der Waals surface area (Å²) in [5, 5.41) is 35.3. The number of thioether (sulfide) groups is 3. The van der Waals surface area contributed by atoms with Crippen LogP contribution in [0.3, 0.4) is 0 Å². The number of primary sulfonamides is 1. The van der Waals surface area contributed by atoms with Gasteiger partial charge in [0.05, 0.1) is 59.9 Å². The van der Waals surface area contributed by atoms with E-state index in [0.29, 0.717) is 94.5 Å². The molecule has 3 fully saturated rings. The summed E-state index contributed by atoms with van der Waals surface area (Å²) < 4.78 is 66.2. The van der Waals surface area contributed by atoms with Crippen LogP contribution >= 0.6 is 58.5 Å². The van der Waals surface area contributed by atoms with Gasteiger partial charge in [-0.15, -0.1) is 23.5 Å². The van der Waals surface area contributed by atoms with Crippen LogP contribution in [0.25, 0.3) is 4.95 Å². The molecule has 0 radical (unpaired) electrons. The number of hydrogen-bond donors (Lipinski definition) is 8. The molecule has 10 N–H and O–H groups in total. The lowest BCUT2D eigenvalue weighted by molar-refractivity contribution is 0.0924. The first-order chi connectivity index (χ1) is 55.4. The Morgan fingerprint density at radius 3 is 1.15 bits per heavy atom. The highest BCUT2D eigenvalue weighted by molar-refractivity contribution is 8.38. The summed E-state index contributed by atoms with van der Waals surface area (Å²) in [7, 11) is -2.86. The van der Waals surface area contributed by atoms with Gasteiger partial charge in [0.1, 0.15) is 21.6 Å². The third-order valence-corrected chi connectivity index (χ3v) is 25.2. The lowest BCUT2D eigenvalue weighted by Crippen LogP contribution is -2.45. The number of amidine groups is 1. The van der Waals surface area contributed by atoms with Gasteiger partial charge in [0.2, 0.25) is 16.2 Å². The molecule has 3 saturated carbocycles. The van der Waals surface area contributed by atoms with Gasteiger partial charge in [0.15, 0.2) is 11.4 Å². The molecule has 8 aromatic rings. The predicted octanol–water partition coefficient (Wildman–Crippen LogP) is 15.9. The molecule has 117 heavy (non-hydrogen) atoms. The number of carbonyl (C=O) groups is 3. The summed E-state index contributed by atoms with van der Waals surface area (Å²) in [4.78, 5) is 54.6. The van der Waals surface area contributed by atoms with Crippen molar-refractivity contribution >= 4 is 112 Å². The van der Waals surface area contributed by atoms with Crippen molar-refractivity contribution < 1.29 is 45.4 Å². The number of hydrogen-bond acceptors (Lipinski definition) is 19. The van der Waals surface area contributed by atoms with E-state index in [4.69, 9.17) is 70.4 Å². The Labute approximate surface area is 712 Å². The van der Waals surface area contributed by atoms with Crippen molar-refractivity contribution in [1.29, 1.82) is 10.5 Å². The largest absolute Gasteiger partial charge is 0.496 e. The van der Waals surface area contributed by atoms with Gasteiger partial charge in [-0.05, 0) is 197 Å². The number of nitrogens with one attached hydrogen (secondary N) is 6. The van der Waals surface area contributed by atoms with E-state index in [9.17, 15) is 31.2 Å². The monoisotopic (exact) mass is 1720 g/mol. The van der Waals surface area contributed by atoms with Gasteiger partial charge in [-0.1, -0.05) is 183 Å². The minimum absolute atomic E-state index is 0. The number of halogens is 2. The molecule has 8 aromatic carbocycles. The van der Waals surface area contributed by atoms with Crippen LogP contribution in [-0.4, -0.2) is 128 Å². The average Bonchev–Trinajstić information content (AvgIpc) is 0.797. The molecule has 0 saturated heterocycles. The van der Waals surface area contributed by atoms with Crippen molar-refractivity contribution in [2.45, 2.75) is 136 Å². The lowest BCUT2D eigenvalue weighted by Gasteiger charge is -2.40. The van der Waals surface area contributed by atoms with Crippen LogP contribution in [0.2, 0.25) is 10.0 Å². The highest BCUT2D eigenvalue weighted by Gasteiger charge is 2.40. The molecule has 3 amide bonds. The molecule has 0 spiro atoms. The van der Waals surface area contributed by atoms with E-state index in [1.165, 1.54) is 102 Å². The summed E-state index contributed by atoms with van der Waals surface area (Å²) in [6.45, 7) is 8.77. The Kier molecular flexibility index (Phi) is 41.0. The van der Waals surface area contributed by atoms with E-state index < -0.39 is 20.0 Å². The molecule has 0 aliphatic heterocycles. The standard InChI is InChI=1S/C29H30ClN5O4S.C24H28N4O2S.C21H26N2O2.C6H6ClNO2S.C4H6N2S2.2CH4/c1-31-34-28(35-40(37,38)24-14-12-22(30)13-15-24)33-23-16-18-29(19-17-23,21-8-4-3-5-9-21)20-32-27(36)25-10-6-7-11-26(25)39-2;1-30-21-11-7-6-10-20(21)22(29)26-16-24(18-8-4-3-5-9-18)14-12-19(13-15-24)28-23(31-2)27-17-25;1-25-19-10-6-5-9-18(19)20(24)23-15-21(13-11-17(22)12-14-21)16-7-3-2-4-8-16;7-5-1-3-6(4-2-5)11(8,9)10;1-7-4(8-2)6-3-5;;/h3-15,23H,16-20H2,2H3,(H,32,36)(H2,33,34,35);3-11,19H,12-16H2,1-2H3,(H,26,29)(H,27,28);2-10,17H,11-15,22H2,1H3,(H,23,24);1-4H,(H2,8,9,10);1-2H3;2*1H4. The number of carbonyl (C=O) groups excluding carboxylic acids is 3. The molecule has 11 rings (SSSR count). The molecule has 0 atom stereocenters. The number of aliphatic imine (C=N–C) groups is 3. The highest BCUT2D eigenvalue weighted by Crippen LogP contribution is 2.43. The Morgan fingerprint density at radius 2 is 0.846 bits per heavy atom. The number of guanidine groups is 1. The third-order valence-electron chi connectivity index (χ3n) is 19.9. The third kappa shape index (κ3) is 29.5. The van der Waals surface area contributed by atoms with Crippen LogP contribution in [0.15, 0.2) is 237 Å². The van der Waals surface area contributed by atoms with Crippen LogP contribution in [0, 0.1) is 29.5 Å². The summed E-state index contributed by atoms with van der Waals surface area (Å²) in [6, 6.07) is 64.2. The van der Waals surface area contributed by atoms with E-state index >= 15 is 0 Å². The topological polar surface area (TPSA) is 360 Å². The van der Waals surface area contributed by atoms with Crippen molar-refractivity contribution in [2.24, 2.45) is 25.8 Å². The average molecular weight is 1730 g/mol. The van der Waals surface area contributed by atoms with Crippen LogP contribution in [0.4, 0.5) is 0 Å². The molecule has 622 valence electrons. The minimum atomic E-state index is -3.97. The number of nitriles is 2. The Morgan fingerprint density at radius 1 is 0.513 bits per heavy atom. The van der Waals surface area contributed by atoms with Crippen LogP contribution in [-0.2, 0) is 36.3 Å². The smallest absolute Gasteiger partial charge is 0.276 e. The maximum atomic E-state index is 13.1. The normalized spacial score (nSPS) is 18.7. The van der Waals surface area contributed by atoms with Crippen molar-refractivity contribution in [2.75, 3.05) is 59.7 Å². The number of nitrogens with zero attached hydrogens (tertiary/aromatic N) is 6. The Hall–Kier alpha value is -10.1. The molecule has 0 aromatic heterocycles.